The molecule has 31 heavy (non-hydrogen) atoms. The van der Waals surface area contributed by atoms with Crippen molar-refractivity contribution in [2.45, 2.75) is 57.6 Å². The molecule has 2 fully saturated rings. The summed E-state index contributed by atoms with van der Waals surface area (Å²) in [5, 5.41) is 9.33. The summed E-state index contributed by atoms with van der Waals surface area (Å²) in [5.41, 5.74) is 2.56. The topological polar surface area (TPSA) is 79.8 Å². The molecule has 0 spiro atoms. The zero-order chi connectivity index (χ0) is 21.8. The van der Waals surface area contributed by atoms with E-state index in [0.717, 1.165) is 34.5 Å². The van der Waals surface area contributed by atoms with E-state index in [9.17, 15) is 9.59 Å². The van der Waals surface area contributed by atoms with E-state index in [1.165, 1.54) is 12.8 Å². The molecule has 1 saturated carbocycles. The van der Waals surface area contributed by atoms with Gasteiger partial charge in [-0.15, -0.1) is 0 Å². The maximum Gasteiger partial charge on any atom is 0.281 e. The van der Waals surface area contributed by atoms with E-state index in [0.29, 0.717) is 24.1 Å². The molecule has 7 heteroatoms. The summed E-state index contributed by atoms with van der Waals surface area (Å²) in [4.78, 5) is 25.0. The van der Waals surface area contributed by atoms with Crippen molar-refractivity contribution < 1.29 is 14.3 Å². The molecule has 2 amide bonds. The van der Waals surface area contributed by atoms with Crippen molar-refractivity contribution >= 4 is 44.7 Å². The van der Waals surface area contributed by atoms with Gasteiger partial charge in [-0.05, 0) is 64.4 Å². The van der Waals surface area contributed by atoms with Crippen LogP contribution in [-0.2, 0) is 9.59 Å². The number of benzene rings is 2. The van der Waals surface area contributed by atoms with E-state index >= 15 is 0 Å². The summed E-state index contributed by atoms with van der Waals surface area (Å²) in [5.74, 6) is 0.501. The molecule has 2 aliphatic rings. The molecule has 2 aromatic carbocycles. The average molecular weight is 486 g/mol. The quantitative estimate of drug-likeness (QED) is 0.464. The minimum absolute atomic E-state index is 0.00420. The summed E-state index contributed by atoms with van der Waals surface area (Å²) in [6, 6.07) is 12.1. The molecule has 2 N–H and O–H groups in total. The first-order valence-electron chi connectivity index (χ1n) is 11.0. The maximum atomic E-state index is 12.6. The molecule has 6 nitrogen and oxygen atoms in total. The smallest absolute Gasteiger partial charge is 0.281 e. The normalized spacial score (nSPS) is 24.5. The molecular formula is C24H28BrN3O3. The Hall–Kier alpha value is -2.41. The number of carbonyl (C=O) groups excluding carboxylic acids is 2. The highest BCUT2D eigenvalue weighted by Crippen LogP contribution is 2.34. The van der Waals surface area contributed by atoms with Gasteiger partial charge in [-0.2, -0.15) is 5.10 Å². The highest BCUT2D eigenvalue weighted by Gasteiger charge is 2.36. The Morgan fingerprint density at radius 1 is 1.29 bits per heavy atom. The molecular weight excluding hydrogens is 458 g/mol. The van der Waals surface area contributed by atoms with Gasteiger partial charge in [-0.3, -0.25) is 9.59 Å². The molecule has 4 rings (SSSR count). The van der Waals surface area contributed by atoms with Gasteiger partial charge in [0.15, 0.2) is 6.10 Å². The number of amides is 2. The van der Waals surface area contributed by atoms with E-state index in [4.69, 9.17) is 4.74 Å². The van der Waals surface area contributed by atoms with Gasteiger partial charge >= 0.3 is 0 Å². The van der Waals surface area contributed by atoms with Gasteiger partial charge in [0, 0.05) is 12.3 Å². The number of nitrogens with one attached hydrogen (secondary N) is 2. The first-order chi connectivity index (χ1) is 15.1. The van der Waals surface area contributed by atoms with Crippen molar-refractivity contribution in [3.05, 3.63) is 40.9 Å². The van der Waals surface area contributed by atoms with Crippen molar-refractivity contribution in [3.8, 4) is 5.75 Å². The number of fused-ring (bicyclic) bond motifs is 2. The number of nitrogens with zero attached hydrogens (tertiary/aromatic N) is 1. The maximum absolute atomic E-state index is 12.6. The summed E-state index contributed by atoms with van der Waals surface area (Å²) < 4.78 is 6.81. The molecule has 2 aromatic rings. The average Bonchev–Trinajstić information content (AvgIpc) is 2.79. The van der Waals surface area contributed by atoms with Crippen LogP contribution in [0.1, 0.15) is 45.4 Å². The van der Waals surface area contributed by atoms with Crippen LogP contribution in [0.25, 0.3) is 10.8 Å². The number of ether oxygens (including phenoxy) is 1. The molecule has 1 saturated heterocycles. The van der Waals surface area contributed by atoms with Crippen LogP contribution in [0.2, 0.25) is 0 Å². The van der Waals surface area contributed by atoms with Crippen molar-refractivity contribution in [2.24, 2.45) is 16.9 Å². The van der Waals surface area contributed by atoms with Crippen LogP contribution in [0.4, 0.5) is 0 Å². The third-order valence-corrected chi connectivity index (χ3v) is 7.14. The molecule has 1 aliphatic carbocycles. The van der Waals surface area contributed by atoms with Crippen molar-refractivity contribution in [2.75, 3.05) is 0 Å². The molecule has 0 aromatic heterocycles. The fourth-order valence-corrected chi connectivity index (χ4v) is 5.16. The van der Waals surface area contributed by atoms with Gasteiger partial charge in [0.2, 0.25) is 5.91 Å². The summed E-state index contributed by atoms with van der Waals surface area (Å²) >= 11 is 3.60. The second-order valence-corrected chi connectivity index (χ2v) is 9.16. The molecule has 1 aliphatic heterocycles. The largest absolute Gasteiger partial charge is 0.479 e. The monoisotopic (exact) mass is 485 g/mol. The SMILES string of the molecule is CCC(Oc1ccc2ccccc2c1Br)C(=O)N/N=C/C1CC2CCCCC2NC1=O. The van der Waals surface area contributed by atoms with Crippen LogP contribution < -0.4 is 15.5 Å². The Morgan fingerprint density at radius 2 is 2.10 bits per heavy atom. The zero-order valence-electron chi connectivity index (χ0n) is 17.6. The standard InChI is InChI=1S/C24H28BrN3O3/c1-2-20(31-21-12-11-15-7-3-5-9-18(15)22(21)25)24(30)28-26-14-17-13-16-8-4-6-10-19(16)27-23(17)29/h3,5,7,9,11-12,14,16-17,19-20H,2,4,6,8,10,13H2,1H3,(H,27,29)(H,28,30)/b26-14+. The molecule has 0 bridgehead atoms. The van der Waals surface area contributed by atoms with Crippen molar-refractivity contribution in [3.63, 3.8) is 0 Å². The second-order valence-electron chi connectivity index (χ2n) is 8.37. The lowest BCUT2D eigenvalue weighted by Gasteiger charge is -2.38. The van der Waals surface area contributed by atoms with Gasteiger partial charge in [0.05, 0.1) is 10.4 Å². The Morgan fingerprint density at radius 3 is 2.94 bits per heavy atom. The lowest BCUT2D eigenvalue weighted by Crippen LogP contribution is -2.51. The lowest BCUT2D eigenvalue weighted by molar-refractivity contribution is -0.129. The van der Waals surface area contributed by atoms with Crippen molar-refractivity contribution in [1.82, 2.24) is 10.7 Å². The highest BCUT2D eigenvalue weighted by atomic mass is 79.9. The molecule has 164 valence electrons. The van der Waals surface area contributed by atoms with Crippen molar-refractivity contribution in [1.29, 1.82) is 0 Å². The highest BCUT2D eigenvalue weighted by molar-refractivity contribution is 9.10. The van der Waals surface area contributed by atoms with Crippen LogP contribution in [0.15, 0.2) is 46.0 Å². The van der Waals surface area contributed by atoms with E-state index < -0.39 is 6.10 Å². The fourth-order valence-electron chi connectivity index (χ4n) is 4.57. The Bertz CT molecular complexity index is 993. The summed E-state index contributed by atoms with van der Waals surface area (Å²) in [6.45, 7) is 1.89. The van der Waals surface area contributed by atoms with Crippen LogP contribution >= 0.6 is 15.9 Å². The number of hydrogen-bond acceptors (Lipinski definition) is 4. The lowest BCUT2D eigenvalue weighted by atomic mass is 9.76. The minimum atomic E-state index is -0.683. The number of rotatable bonds is 6. The Balaban J connectivity index is 1.37. The van der Waals surface area contributed by atoms with Gasteiger partial charge in [-0.1, -0.05) is 50.1 Å². The van der Waals surface area contributed by atoms with Crippen LogP contribution in [-0.4, -0.2) is 30.2 Å². The Labute approximate surface area is 190 Å². The third-order valence-electron chi connectivity index (χ3n) is 6.32. The molecule has 1 heterocycles. The number of hydrazone groups is 1. The first kappa shape index (κ1) is 21.8. The Kier molecular flexibility index (Phi) is 6.90. The van der Waals surface area contributed by atoms with Crippen LogP contribution in [0.5, 0.6) is 5.75 Å². The van der Waals surface area contributed by atoms with E-state index in [-0.39, 0.29) is 17.7 Å². The predicted octanol–water partition coefficient (Wildman–Crippen LogP) is 4.56. The summed E-state index contributed by atoms with van der Waals surface area (Å²) in [6.07, 6.45) is 6.79. The fraction of sp³-hybridized carbons (Fsp3) is 0.458. The molecule has 4 unspecified atom stereocenters. The molecule has 4 atom stereocenters. The zero-order valence-corrected chi connectivity index (χ0v) is 19.2. The van der Waals surface area contributed by atoms with Crippen LogP contribution in [0, 0.1) is 11.8 Å². The van der Waals surface area contributed by atoms with Crippen LogP contribution in [0.3, 0.4) is 0 Å². The number of piperidine rings is 1. The number of halogens is 1. The first-order valence-corrected chi connectivity index (χ1v) is 11.8. The third kappa shape index (κ3) is 4.92. The van der Waals surface area contributed by atoms with Gasteiger partial charge < -0.3 is 10.1 Å². The molecule has 0 radical (unpaired) electrons. The second kappa shape index (κ2) is 9.81. The minimum Gasteiger partial charge on any atom is -0.479 e. The van der Waals surface area contributed by atoms with Gasteiger partial charge in [0.1, 0.15) is 5.75 Å². The van der Waals surface area contributed by atoms with Gasteiger partial charge in [0.25, 0.3) is 5.91 Å². The predicted molar refractivity (Wildman–Crippen MR) is 125 cm³/mol. The number of carbonyl (C=O) groups is 2. The summed E-state index contributed by atoms with van der Waals surface area (Å²) in [7, 11) is 0. The van der Waals surface area contributed by atoms with Gasteiger partial charge in [-0.25, -0.2) is 5.43 Å². The van der Waals surface area contributed by atoms with E-state index in [1.54, 1.807) is 6.21 Å². The van der Waals surface area contributed by atoms with E-state index in [2.05, 4.69) is 31.8 Å². The van der Waals surface area contributed by atoms with E-state index in [1.807, 2.05) is 43.3 Å². The number of hydrogen-bond donors (Lipinski definition) is 2.